The number of rotatable bonds is 4. The van der Waals surface area contributed by atoms with E-state index in [2.05, 4.69) is 22.8 Å². The molecule has 0 aliphatic heterocycles. The molecule has 1 aromatic heterocycles. The summed E-state index contributed by atoms with van der Waals surface area (Å²) in [7, 11) is 0. The van der Waals surface area contributed by atoms with Crippen molar-refractivity contribution in [3.63, 3.8) is 0 Å². The Morgan fingerprint density at radius 1 is 0.952 bits per heavy atom. The molecule has 0 saturated carbocycles. The number of hydrogen-bond donors (Lipinski definition) is 2. The van der Waals surface area contributed by atoms with Crippen LogP contribution in [0.25, 0.3) is 10.9 Å². The van der Waals surface area contributed by atoms with Crippen LogP contribution in [0.4, 0.5) is 0 Å². The van der Waals surface area contributed by atoms with E-state index < -0.39 is 6.10 Å². The van der Waals surface area contributed by atoms with E-state index in [1.165, 1.54) is 0 Å². The smallest absolute Gasteiger partial charge is 0.0910 e. The van der Waals surface area contributed by atoms with Gasteiger partial charge in [-0.1, -0.05) is 48.5 Å². The minimum Gasteiger partial charge on any atom is -0.389 e. The highest BCUT2D eigenvalue weighted by atomic mass is 35.5. The maximum atomic E-state index is 10.4. The molecule has 110 valence electrons. The van der Waals surface area contributed by atoms with E-state index in [1.807, 2.05) is 48.7 Å². The maximum absolute atomic E-state index is 10.4. The van der Waals surface area contributed by atoms with Gasteiger partial charge in [0.2, 0.25) is 0 Å². The molecule has 0 aliphatic rings. The second-order valence-corrected chi connectivity index (χ2v) is 4.94. The molecule has 21 heavy (non-hydrogen) atoms. The first kappa shape index (κ1) is 15.6. The van der Waals surface area contributed by atoms with Crippen molar-refractivity contribution in [1.82, 2.24) is 4.57 Å². The Balaban J connectivity index is 0.00000161. The second-order valence-electron chi connectivity index (χ2n) is 4.94. The molecule has 0 saturated heterocycles. The lowest BCUT2D eigenvalue weighted by Crippen LogP contribution is -2.31. The van der Waals surface area contributed by atoms with Crippen LogP contribution in [-0.2, 0) is 0 Å². The number of benzene rings is 2. The molecule has 2 atom stereocenters. The van der Waals surface area contributed by atoms with Gasteiger partial charge in [-0.15, -0.1) is 12.4 Å². The van der Waals surface area contributed by atoms with Gasteiger partial charge in [-0.25, -0.2) is 0 Å². The van der Waals surface area contributed by atoms with Gasteiger partial charge in [-0.05, 0) is 23.1 Å². The summed E-state index contributed by atoms with van der Waals surface area (Å²) in [6.45, 7) is 0.228. The molecule has 1 heterocycles. The first-order valence-electron chi connectivity index (χ1n) is 6.80. The van der Waals surface area contributed by atoms with Gasteiger partial charge in [-0.3, -0.25) is 0 Å². The largest absolute Gasteiger partial charge is 0.389 e. The second kappa shape index (κ2) is 6.76. The quantitative estimate of drug-likeness (QED) is 0.778. The molecule has 3 aromatic rings. The zero-order valence-electron chi connectivity index (χ0n) is 11.6. The third-order valence-electron chi connectivity index (χ3n) is 3.68. The fourth-order valence-electron chi connectivity index (χ4n) is 2.69. The summed E-state index contributed by atoms with van der Waals surface area (Å²) >= 11 is 0. The van der Waals surface area contributed by atoms with Crippen LogP contribution in [0, 0.1) is 0 Å². The average Bonchev–Trinajstić information content (AvgIpc) is 2.92. The molecule has 0 fully saturated rings. The Kier molecular flexibility index (Phi) is 5.02. The number of halogens is 1. The number of aliphatic hydroxyl groups is 1. The molecule has 0 radical (unpaired) electrons. The highest BCUT2D eigenvalue weighted by molar-refractivity contribution is 5.85. The Bertz CT molecular complexity index is 696. The molecule has 2 aromatic carbocycles. The number of nitrogens with two attached hydrogens (primary N) is 1. The molecule has 3 rings (SSSR count). The first-order valence-corrected chi connectivity index (χ1v) is 6.80. The number of para-hydroxylation sites is 1. The summed E-state index contributed by atoms with van der Waals surface area (Å²) in [5.74, 6) is 0. The van der Waals surface area contributed by atoms with Crippen LogP contribution in [0.2, 0.25) is 0 Å². The first-order chi connectivity index (χ1) is 9.81. The molecule has 0 bridgehead atoms. The fourth-order valence-corrected chi connectivity index (χ4v) is 2.69. The van der Waals surface area contributed by atoms with Crippen LogP contribution in [0.1, 0.15) is 11.6 Å². The fraction of sp³-hybridized carbons (Fsp3) is 0.176. The lowest BCUT2D eigenvalue weighted by atomic mass is 10.0. The van der Waals surface area contributed by atoms with Crippen molar-refractivity contribution < 1.29 is 5.11 Å². The third kappa shape index (κ3) is 2.95. The lowest BCUT2D eigenvalue weighted by molar-refractivity contribution is 0.140. The van der Waals surface area contributed by atoms with E-state index in [-0.39, 0.29) is 25.0 Å². The summed E-state index contributed by atoms with van der Waals surface area (Å²) < 4.78 is 2.10. The Labute approximate surface area is 130 Å². The topological polar surface area (TPSA) is 51.2 Å². The molecular formula is C17H19ClN2O. The predicted molar refractivity (Wildman–Crippen MR) is 88.8 cm³/mol. The van der Waals surface area contributed by atoms with Crippen LogP contribution in [0.3, 0.4) is 0 Å². The summed E-state index contributed by atoms with van der Waals surface area (Å²) in [4.78, 5) is 0. The van der Waals surface area contributed by atoms with Crippen LogP contribution in [-0.4, -0.2) is 22.3 Å². The summed E-state index contributed by atoms with van der Waals surface area (Å²) in [5, 5.41) is 11.5. The summed E-state index contributed by atoms with van der Waals surface area (Å²) in [6, 6.07) is 20.1. The van der Waals surface area contributed by atoms with Crippen molar-refractivity contribution in [2.75, 3.05) is 6.54 Å². The minimum absolute atomic E-state index is 0. The number of hydrogen-bond acceptors (Lipinski definition) is 2. The average molecular weight is 303 g/mol. The lowest BCUT2D eigenvalue weighted by Gasteiger charge is -2.25. The molecular weight excluding hydrogens is 284 g/mol. The molecule has 0 amide bonds. The SMILES string of the molecule is Cl.NC[C@@H](O)[C@H](c1ccccc1)n1ccc2ccccc21. The minimum atomic E-state index is -0.617. The van der Waals surface area contributed by atoms with Gasteiger partial charge in [0.1, 0.15) is 0 Å². The standard InChI is InChI=1S/C17H18N2O.ClH/c18-12-16(20)17(14-7-2-1-3-8-14)19-11-10-13-6-4-5-9-15(13)19;/h1-11,16-17,20H,12,18H2;1H/t16-,17+;/m1./s1. The maximum Gasteiger partial charge on any atom is 0.0910 e. The Morgan fingerprint density at radius 3 is 2.33 bits per heavy atom. The van der Waals surface area contributed by atoms with Gasteiger partial charge >= 0.3 is 0 Å². The molecule has 3 N–H and O–H groups in total. The number of nitrogens with zero attached hydrogens (tertiary/aromatic N) is 1. The van der Waals surface area contributed by atoms with Gasteiger partial charge in [0.05, 0.1) is 12.1 Å². The van der Waals surface area contributed by atoms with Crippen molar-refractivity contribution in [2.45, 2.75) is 12.1 Å². The van der Waals surface area contributed by atoms with Crippen LogP contribution < -0.4 is 5.73 Å². The van der Waals surface area contributed by atoms with Crippen molar-refractivity contribution in [3.8, 4) is 0 Å². The number of aromatic nitrogens is 1. The van der Waals surface area contributed by atoms with E-state index in [4.69, 9.17) is 5.73 Å². The summed E-state index contributed by atoms with van der Waals surface area (Å²) in [5.41, 5.74) is 7.86. The van der Waals surface area contributed by atoms with E-state index in [9.17, 15) is 5.11 Å². The highest BCUT2D eigenvalue weighted by Gasteiger charge is 2.22. The van der Waals surface area contributed by atoms with E-state index in [0.29, 0.717) is 0 Å². The van der Waals surface area contributed by atoms with Crippen LogP contribution in [0.5, 0.6) is 0 Å². The van der Waals surface area contributed by atoms with E-state index >= 15 is 0 Å². The van der Waals surface area contributed by atoms with Crippen molar-refractivity contribution >= 4 is 23.3 Å². The van der Waals surface area contributed by atoms with Crippen LogP contribution >= 0.6 is 12.4 Å². The third-order valence-corrected chi connectivity index (χ3v) is 3.68. The number of fused-ring (bicyclic) bond motifs is 1. The Hall–Kier alpha value is -1.81. The zero-order chi connectivity index (χ0) is 13.9. The Morgan fingerprint density at radius 2 is 1.62 bits per heavy atom. The van der Waals surface area contributed by atoms with E-state index in [1.54, 1.807) is 0 Å². The van der Waals surface area contributed by atoms with Gasteiger partial charge in [-0.2, -0.15) is 0 Å². The number of aliphatic hydroxyl groups excluding tert-OH is 1. The van der Waals surface area contributed by atoms with Gasteiger partial charge in [0.25, 0.3) is 0 Å². The molecule has 0 spiro atoms. The zero-order valence-corrected chi connectivity index (χ0v) is 12.4. The summed E-state index contributed by atoms with van der Waals surface area (Å²) in [6.07, 6.45) is 1.40. The van der Waals surface area contributed by atoms with Crippen LogP contribution in [0.15, 0.2) is 66.9 Å². The highest BCUT2D eigenvalue weighted by Crippen LogP contribution is 2.27. The monoisotopic (exact) mass is 302 g/mol. The predicted octanol–water partition coefficient (Wildman–Crippen LogP) is 2.97. The van der Waals surface area contributed by atoms with Crippen molar-refractivity contribution in [3.05, 3.63) is 72.4 Å². The van der Waals surface area contributed by atoms with Gasteiger partial charge in [0, 0.05) is 18.3 Å². The molecule has 0 unspecified atom stereocenters. The van der Waals surface area contributed by atoms with Crippen molar-refractivity contribution in [2.24, 2.45) is 5.73 Å². The molecule has 3 nitrogen and oxygen atoms in total. The molecule has 4 heteroatoms. The van der Waals surface area contributed by atoms with Crippen molar-refractivity contribution in [1.29, 1.82) is 0 Å². The normalized spacial score (nSPS) is 13.6. The molecule has 0 aliphatic carbocycles. The van der Waals surface area contributed by atoms with Gasteiger partial charge < -0.3 is 15.4 Å². The van der Waals surface area contributed by atoms with E-state index in [0.717, 1.165) is 16.5 Å². The van der Waals surface area contributed by atoms with Gasteiger partial charge in [0.15, 0.2) is 0 Å².